The Kier molecular flexibility index (Phi) is 7.87. The smallest absolute Gasteiger partial charge is 0.000523 e. The van der Waals surface area contributed by atoms with Crippen LogP contribution in [0.4, 0.5) is 0 Å². The Hall–Kier alpha value is -0.0800. The predicted octanol–water partition coefficient (Wildman–Crippen LogP) is 3.04. The standard InChI is InChI=1S/C15H32N2/c1-13(2)8-6-4-5-7-9-16-11-15-12-17-10-14(15)3/h13-17H,4-12H2,1-3H3. The van der Waals surface area contributed by atoms with Crippen LogP contribution in [0.25, 0.3) is 0 Å². The van der Waals surface area contributed by atoms with Gasteiger partial charge in [-0.3, -0.25) is 0 Å². The third kappa shape index (κ3) is 7.05. The highest BCUT2D eigenvalue weighted by Gasteiger charge is 2.21. The fourth-order valence-electron chi connectivity index (χ4n) is 2.58. The molecule has 102 valence electrons. The lowest BCUT2D eigenvalue weighted by molar-refractivity contribution is 0.415. The molecule has 0 aromatic heterocycles. The molecule has 1 rings (SSSR count). The summed E-state index contributed by atoms with van der Waals surface area (Å²) in [7, 11) is 0. The molecule has 0 saturated carbocycles. The Morgan fingerprint density at radius 1 is 1.12 bits per heavy atom. The Morgan fingerprint density at radius 3 is 2.53 bits per heavy atom. The van der Waals surface area contributed by atoms with Crippen LogP contribution in [0.5, 0.6) is 0 Å². The van der Waals surface area contributed by atoms with Crippen LogP contribution >= 0.6 is 0 Å². The monoisotopic (exact) mass is 240 g/mol. The number of unbranched alkanes of at least 4 members (excludes halogenated alkanes) is 3. The van der Waals surface area contributed by atoms with Gasteiger partial charge in [-0.25, -0.2) is 0 Å². The molecule has 0 spiro atoms. The molecule has 0 aromatic carbocycles. The van der Waals surface area contributed by atoms with Gasteiger partial charge in [0.2, 0.25) is 0 Å². The second-order valence-corrected chi connectivity index (χ2v) is 6.20. The lowest BCUT2D eigenvalue weighted by Crippen LogP contribution is -2.27. The van der Waals surface area contributed by atoms with E-state index in [1.807, 2.05) is 0 Å². The van der Waals surface area contributed by atoms with Crippen molar-refractivity contribution in [1.82, 2.24) is 10.6 Å². The fraction of sp³-hybridized carbons (Fsp3) is 1.00. The predicted molar refractivity (Wildman–Crippen MR) is 76.3 cm³/mol. The summed E-state index contributed by atoms with van der Waals surface area (Å²) >= 11 is 0. The van der Waals surface area contributed by atoms with Gasteiger partial charge < -0.3 is 10.6 Å². The molecule has 0 aliphatic carbocycles. The SMILES string of the molecule is CC(C)CCCCCCNCC1CNCC1C. The Balaban J connectivity index is 1.81. The van der Waals surface area contributed by atoms with Crippen molar-refractivity contribution in [1.29, 1.82) is 0 Å². The zero-order chi connectivity index (χ0) is 12.5. The van der Waals surface area contributed by atoms with Crippen molar-refractivity contribution >= 4 is 0 Å². The highest BCUT2D eigenvalue weighted by molar-refractivity contribution is 4.79. The quantitative estimate of drug-likeness (QED) is 0.605. The molecule has 1 heterocycles. The summed E-state index contributed by atoms with van der Waals surface area (Å²) in [6.07, 6.45) is 6.99. The van der Waals surface area contributed by atoms with Gasteiger partial charge in [-0.15, -0.1) is 0 Å². The summed E-state index contributed by atoms with van der Waals surface area (Å²) in [6, 6.07) is 0. The molecule has 0 bridgehead atoms. The van der Waals surface area contributed by atoms with Crippen LogP contribution in [0.15, 0.2) is 0 Å². The molecule has 17 heavy (non-hydrogen) atoms. The van der Waals surface area contributed by atoms with Crippen LogP contribution in [-0.2, 0) is 0 Å². The molecule has 2 N–H and O–H groups in total. The minimum Gasteiger partial charge on any atom is -0.316 e. The fourth-order valence-corrected chi connectivity index (χ4v) is 2.58. The van der Waals surface area contributed by atoms with Gasteiger partial charge in [0.25, 0.3) is 0 Å². The summed E-state index contributed by atoms with van der Waals surface area (Å²) in [5.41, 5.74) is 0. The van der Waals surface area contributed by atoms with Crippen molar-refractivity contribution in [2.24, 2.45) is 17.8 Å². The van der Waals surface area contributed by atoms with E-state index in [0.29, 0.717) is 0 Å². The maximum atomic E-state index is 3.62. The maximum Gasteiger partial charge on any atom is -0.000523 e. The van der Waals surface area contributed by atoms with Crippen LogP contribution < -0.4 is 10.6 Å². The van der Waals surface area contributed by atoms with Crippen molar-refractivity contribution in [2.45, 2.75) is 52.9 Å². The molecule has 0 radical (unpaired) electrons. The second kappa shape index (κ2) is 8.93. The maximum absolute atomic E-state index is 3.62. The summed E-state index contributed by atoms with van der Waals surface area (Å²) in [6.45, 7) is 11.8. The van der Waals surface area contributed by atoms with Crippen molar-refractivity contribution in [3.8, 4) is 0 Å². The van der Waals surface area contributed by atoms with E-state index in [1.165, 1.54) is 58.3 Å². The molecule has 1 aliphatic heterocycles. The van der Waals surface area contributed by atoms with E-state index < -0.39 is 0 Å². The first-order valence-electron chi connectivity index (χ1n) is 7.61. The molecular weight excluding hydrogens is 208 g/mol. The lowest BCUT2D eigenvalue weighted by atomic mass is 9.98. The molecule has 2 nitrogen and oxygen atoms in total. The van der Waals surface area contributed by atoms with E-state index in [-0.39, 0.29) is 0 Å². The van der Waals surface area contributed by atoms with Crippen LogP contribution in [0.3, 0.4) is 0 Å². The van der Waals surface area contributed by atoms with Gasteiger partial charge in [0.05, 0.1) is 0 Å². The van der Waals surface area contributed by atoms with Crippen LogP contribution in [0.2, 0.25) is 0 Å². The number of hydrogen-bond acceptors (Lipinski definition) is 2. The highest BCUT2D eigenvalue weighted by Crippen LogP contribution is 2.14. The van der Waals surface area contributed by atoms with E-state index >= 15 is 0 Å². The Morgan fingerprint density at radius 2 is 1.88 bits per heavy atom. The zero-order valence-corrected chi connectivity index (χ0v) is 12.1. The molecule has 1 saturated heterocycles. The van der Waals surface area contributed by atoms with Gasteiger partial charge in [-0.1, -0.05) is 46.5 Å². The zero-order valence-electron chi connectivity index (χ0n) is 12.1. The number of hydrogen-bond donors (Lipinski definition) is 2. The Labute approximate surface area is 108 Å². The first kappa shape index (κ1) is 15.0. The van der Waals surface area contributed by atoms with E-state index in [1.54, 1.807) is 0 Å². The summed E-state index contributed by atoms with van der Waals surface area (Å²) < 4.78 is 0. The highest BCUT2D eigenvalue weighted by atomic mass is 14.9. The van der Waals surface area contributed by atoms with Gasteiger partial charge >= 0.3 is 0 Å². The Bertz CT molecular complexity index is 180. The molecule has 2 unspecified atom stereocenters. The first-order chi connectivity index (χ1) is 8.20. The van der Waals surface area contributed by atoms with Gasteiger partial charge in [-0.2, -0.15) is 0 Å². The average molecular weight is 240 g/mol. The van der Waals surface area contributed by atoms with Gasteiger partial charge in [0.1, 0.15) is 0 Å². The molecular formula is C15H32N2. The summed E-state index contributed by atoms with van der Waals surface area (Å²) in [5.74, 6) is 2.59. The van der Waals surface area contributed by atoms with Gasteiger partial charge in [0, 0.05) is 0 Å². The lowest BCUT2D eigenvalue weighted by Gasteiger charge is -2.14. The minimum atomic E-state index is 0.855. The van der Waals surface area contributed by atoms with E-state index in [2.05, 4.69) is 31.4 Å². The molecule has 2 heteroatoms. The van der Waals surface area contributed by atoms with Crippen molar-refractivity contribution in [3.05, 3.63) is 0 Å². The summed E-state index contributed by atoms with van der Waals surface area (Å²) in [4.78, 5) is 0. The summed E-state index contributed by atoms with van der Waals surface area (Å²) in [5, 5.41) is 7.08. The average Bonchev–Trinajstić information content (AvgIpc) is 2.68. The van der Waals surface area contributed by atoms with Crippen molar-refractivity contribution < 1.29 is 0 Å². The van der Waals surface area contributed by atoms with E-state index in [4.69, 9.17) is 0 Å². The molecule has 1 aliphatic rings. The van der Waals surface area contributed by atoms with Crippen LogP contribution in [0, 0.1) is 17.8 Å². The molecule has 1 fully saturated rings. The molecule has 0 amide bonds. The van der Waals surface area contributed by atoms with Crippen molar-refractivity contribution in [2.75, 3.05) is 26.2 Å². The molecule has 2 atom stereocenters. The largest absolute Gasteiger partial charge is 0.316 e. The minimum absolute atomic E-state index is 0.855. The topological polar surface area (TPSA) is 24.1 Å². The third-order valence-electron chi connectivity index (χ3n) is 3.97. The van der Waals surface area contributed by atoms with Gasteiger partial charge in [-0.05, 0) is 50.4 Å². The van der Waals surface area contributed by atoms with E-state index in [9.17, 15) is 0 Å². The normalized spacial score (nSPS) is 24.7. The number of nitrogens with one attached hydrogen (secondary N) is 2. The van der Waals surface area contributed by atoms with Crippen LogP contribution in [-0.4, -0.2) is 26.2 Å². The van der Waals surface area contributed by atoms with Crippen molar-refractivity contribution in [3.63, 3.8) is 0 Å². The molecule has 0 aromatic rings. The van der Waals surface area contributed by atoms with E-state index in [0.717, 1.165) is 17.8 Å². The van der Waals surface area contributed by atoms with Gasteiger partial charge in [0.15, 0.2) is 0 Å². The second-order valence-electron chi connectivity index (χ2n) is 6.20. The third-order valence-corrected chi connectivity index (χ3v) is 3.97. The number of rotatable bonds is 9. The first-order valence-corrected chi connectivity index (χ1v) is 7.61. The van der Waals surface area contributed by atoms with Crippen LogP contribution in [0.1, 0.15) is 52.9 Å².